The summed E-state index contributed by atoms with van der Waals surface area (Å²) >= 11 is 5.68. The van der Waals surface area contributed by atoms with E-state index < -0.39 is 6.10 Å². The van der Waals surface area contributed by atoms with Crippen molar-refractivity contribution in [3.8, 4) is 5.75 Å². The van der Waals surface area contributed by atoms with Gasteiger partial charge in [0.15, 0.2) is 0 Å². The quantitative estimate of drug-likeness (QED) is 0.728. The van der Waals surface area contributed by atoms with Crippen LogP contribution in [0.25, 0.3) is 0 Å². The van der Waals surface area contributed by atoms with Crippen LogP contribution in [0.1, 0.15) is 6.92 Å². The van der Waals surface area contributed by atoms with Gasteiger partial charge in [0.2, 0.25) is 0 Å². The molecular formula is C9H12ClNO2. The first-order valence-electron chi connectivity index (χ1n) is 4.02. The minimum atomic E-state index is -0.424. The molecule has 0 spiro atoms. The van der Waals surface area contributed by atoms with Gasteiger partial charge in [-0.25, -0.2) is 0 Å². The van der Waals surface area contributed by atoms with Crippen LogP contribution in [0.4, 0.5) is 0 Å². The maximum atomic E-state index is 8.91. The number of aliphatic hydroxyl groups excluding tert-OH is 1. The molecule has 0 radical (unpaired) electrons. The predicted molar refractivity (Wildman–Crippen MR) is 51.8 cm³/mol. The first-order chi connectivity index (χ1) is 6.18. The second-order valence-electron chi connectivity index (χ2n) is 2.75. The molecule has 0 bridgehead atoms. The van der Waals surface area contributed by atoms with Gasteiger partial charge < -0.3 is 9.94 Å². The van der Waals surface area contributed by atoms with E-state index in [1.807, 2.05) is 0 Å². The number of benzene rings is 1. The topological polar surface area (TPSA) is 41.5 Å². The van der Waals surface area contributed by atoms with Gasteiger partial charge >= 0.3 is 0 Å². The number of halogens is 1. The maximum Gasteiger partial charge on any atom is 0.147 e. The highest BCUT2D eigenvalue weighted by molar-refractivity contribution is 6.30. The summed E-state index contributed by atoms with van der Waals surface area (Å²) in [5.41, 5.74) is 2.63. The lowest BCUT2D eigenvalue weighted by Crippen LogP contribution is -2.27. The highest BCUT2D eigenvalue weighted by Crippen LogP contribution is 2.14. The summed E-state index contributed by atoms with van der Waals surface area (Å²) in [6.45, 7) is 2.07. The van der Waals surface area contributed by atoms with E-state index in [1.54, 1.807) is 31.2 Å². The van der Waals surface area contributed by atoms with E-state index in [4.69, 9.17) is 21.5 Å². The largest absolute Gasteiger partial charge is 0.409 e. The fourth-order valence-electron chi connectivity index (χ4n) is 0.748. The minimum absolute atomic E-state index is 0.391. The average Bonchev–Trinajstić information content (AvgIpc) is 2.08. The molecule has 4 heteroatoms. The van der Waals surface area contributed by atoms with E-state index in [1.165, 1.54) is 0 Å². The van der Waals surface area contributed by atoms with E-state index in [9.17, 15) is 0 Å². The Labute approximate surface area is 82.2 Å². The van der Waals surface area contributed by atoms with Crippen LogP contribution >= 0.6 is 11.6 Å². The molecule has 0 aromatic heterocycles. The Morgan fingerprint density at radius 2 is 2.08 bits per heavy atom. The van der Waals surface area contributed by atoms with Crippen molar-refractivity contribution in [1.82, 2.24) is 5.48 Å². The molecular weight excluding hydrogens is 190 g/mol. The molecule has 0 saturated carbocycles. The van der Waals surface area contributed by atoms with E-state index in [0.717, 1.165) is 0 Å². The SMILES string of the molecule is CC(O)CNOc1ccc(Cl)cc1. The van der Waals surface area contributed by atoms with E-state index in [0.29, 0.717) is 17.3 Å². The molecule has 0 aliphatic heterocycles. The summed E-state index contributed by atoms with van der Waals surface area (Å²) in [5.74, 6) is 0.671. The number of rotatable bonds is 4. The van der Waals surface area contributed by atoms with Crippen molar-refractivity contribution in [3.05, 3.63) is 29.3 Å². The van der Waals surface area contributed by atoms with Crippen molar-refractivity contribution in [2.24, 2.45) is 0 Å². The van der Waals surface area contributed by atoms with Crippen LogP contribution < -0.4 is 10.3 Å². The van der Waals surface area contributed by atoms with Gasteiger partial charge in [-0.1, -0.05) is 11.6 Å². The van der Waals surface area contributed by atoms with Crippen LogP contribution in [0.3, 0.4) is 0 Å². The number of hydrogen-bond donors (Lipinski definition) is 2. The Bertz CT molecular complexity index is 248. The van der Waals surface area contributed by atoms with Gasteiger partial charge in [-0.2, -0.15) is 5.48 Å². The predicted octanol–water partition coefficient (Wildman–Crippen LogP) is 1.60. The molecule has 13 heavy (non-hydrogen) atoms. The third-order valence-corrected chi connectivity index (χ3v) is 1.63. The summed E-state index contributed by atoms with van der Waals surface area (Å²) in [6.07, 6.45) is -0.424. The van der Waals surface area contributed by atoms with Crippen molar-refractivity contribution in [2.45, 2.75) is 13.0 Å². The molecule has 1 aromatic rings. The smallest absolute Gasteiger partial charge is 0.147 e. The van der Waals surface area contributed by atoms with Crippen molar-refractivity contribution in [3.63, 3.8) is 0 Å². The molecule has 0 heterocycles. The zero-order valence-electron chi connectivity index (χ0n) is 7.33. The zero-order valence-corrected chi connectivity index (χ0v) is 8.08. The minimum Gasteiger partial charge on any atom is -0.409 e. The van der Waals surface area contributed by atoms with E-state index >= 15 is 0 Å². The summed E-state index contributed by atoms with van der Waals surface area (Å²) in [5, 5.41) is 9.58. The van der Waals surface area contributed by atoms with Gasteiger partial charge in [-0.15, -0.1) is 0 Å². The Kier molecular flexibility index (Phi) is 4.02. The Morgan fingerprint density at radius 3 is 2.62 bits per heavy atom. The first-order valence-corrected chi connectivity index (χ1v) is 4.39. The Morgan fingerprint density at radius 1 is 1.46 bits per heavy atom. The van der Waals surface area contributed by atoms with Crippen LogP contribution in [0.2, 0.25) is 5.02 Å². The molecule has 1 rings (SSSR count). The van der Waals surface area contributed by atoms with Crippen molar-refractivity contribution >= 4 is 11.6 Å². The highest BCUT2D eigenvalue weighted by Gasteiger charge is 1.96. The normalized spacial score (nSPS) is 12.5. The summed E-state index contributed by atoms with van der Waals surface area (Å²) < 4.78 is 0. The van der Waals surface area contributed by atoms with Gasteiger partial charge in [-0.05, 0) is 31.2 Å². The van der Waals surface area contributed by atoms with Crippen LogP contribution in [0, 0.1) is 0 Å². The molecule has 0 amide bonds. The summed E-state index contributed by atoms with van der Waals surface area (Å²) in [7, 11) is 0. The molecule has 1 unspecified atom stereocenters. The summed E-state index contributed by atoms with van der Waals surface area (Å²) in [6, 6.07) is 6.97. The monoisotopic (exact) mass is 201 g/mol. The van der Waals surface area contributed by atoms with Crippen LogP contribution in [0.15, 0.2) is 24.3 Å². The lowest BCUT2D eigenvalue weighted by atomic mass is 10.3. The Hall–Kier alpha value is -0.770. The molecule has 0 saturated heterocycles. The molecule has 1 atom stereocenters. The number of aliphatic hydroxyl groups is 1. The van der Waals surface area contributed by atoms with E-state index in [2.05, 4.69) is 5.48 Å². The van der Waals surface area contributed by atoms with Crippen LogP contribution in [0.5, 0.6) is 5.75 Å². The first kappa shape index (κ1) is 10.3. The third kappa shape index (κ3) is 4.12. The molecule has 3 nitrogen and oxygen atoms in total. The third-order valence-electron chi connectivity index (χ3n) is 1.38. The lowest BCUT2D eigenvalue weighted by Gasteiger charge is -2.08. The maximum absolute atomic E-state index is 8.91. The van der Waals surface area contributed by atoms with E-state index in [-0.39, 0.29) is 0 Å². The van der Waals surface area contributed by atoms with Gasteiger partial charge in [0, 0.05) is 5.02 Å². The standard InChI is InChI=1S/C9H12ClNO2/c1-7(12)6-11-13-9-4-2-8(10)3-5-9/h2-5,7,11-12H,6H2,1H3. The zero-order chi connectivity index (χ0) is 9.68. The summed E-state index contributed by atoms with van der Waals surface area (Å²) in [4.78, 5) is 5.10. The van der Waals surface area contributed by atoms with Crippen molar-refractivity contribution in [1.29, 1.82) is 0 Å². The van der Waals surface area contributed by atoms with Gasteiger partial charge in [0.05, 0.1) is 12.6 Å². The van der Waals surface area contributed by atoms with Gasteiger partial charge in [0.1, 0.15) is 5.75 Å². The van der Waals surface area contributed by atoms with Gasteiger partial charge in [0.25, 0.3) is 0 Å². The molecule has 72 valence electrons. The second kappa shape index (κ2) is 5.07. The molecule has 1 aromatic carbocycles. The van der Waals surface area contributed by atoms with Crippen molar-refractivity contribution in [2.75, 3.05) is 6.54 Å². The fraction of sp³-hybridized carbons (Fsp3) is 0.333. The fourth-order valence-corrected chi connectivity index (χ4v) is 0.874. The number of hydrogen-bond acceptors (Lipinski definition) is 3. The molecule has 0 aliphatic rings. The lowest BCUT2D eigenvalue weighted by molar-refractivity contribution is 0.119. The molecule has 2 N–H and O–H groups in total. The Balaban J connectivity index is 2.33. The van der Waals surface area contributed by atoms with Crippen LogP contribution in [-0.4, -0.2) is 17.8 Å². The highest BCUT2D eigenvalue weighted by atomic mass is 35.5. The van der Waals surface area contributed by atoms with Gasteiger partial charge in [-0.3, -0.25) is 0 Å². The average molecular weight is 202 g/mol. The second-order valence-corrected chi connectivity index (χ2v) is 3.19. The van der Waals surface area contributed by atoms with Crippen molar-refractivity contribution < 1.29 is 9.94 Å². The van der Waals surface area contributed by atoms with Crippen LogP contribution in [-0.2, 0) is 0 Å². The number of hydroxylamine groups is 1. The molecule has 0 fully saturated rings. The number of nitrogens with one attached hydrogen (secondary N) is 1. The molecule has 0 aliphatic carbocycles.